The Morgan fingerprint density at radius 1 is 1.36 bits per heavy atom. The van der Waals surface area contributed by atoms with Crippen molar-refractivity contribution in [3.8, 4) is 0 Å². The number of rotatable bonds is 6. The van der Waals surface area contributed by atoms with Crippen LogP contribution >= 0.6 is 0 Å². The molecule has 0 saturated carbocycles. The lowest BCUT2D eigenvalue weighted by molar-refractivity contribution is -0.123. The van der Waals surface area contributed by atoms with Crippen LogP contribution in [0.25, 0.3) is 0 Å². The van der Waals surface area contributed by atoms with E-state index in [0.717, 1.165) is 30.5 Å². The molecule has 1 saturated heterocycles. The molecular formula is C19H29N3O3. The zero-order valence-corrected chi connectivity index (χ0v) is 15.4. The topological polar surface area (TPSA) is 84.7 Å². The molecule has 0 aromatic heterocycles. The maximum absolute atomic E-state index is 12.6. The number of hydrogen-bond acceptors (Lipinski definition) is 3. The molecular weight excluding hydrogens is 318 g/mol. The summed E-state index contributed by atoms with van der Waals surface area (Å²) < 4.78 is 5.95. The molecule has 0 bridgehead atoms. The van der Waals surface area contributed by atoms with E-state index >= 15 is 0 Å². The van der Waals surface area contributed by atoms with Crippen molar-refractivity contribution < 1.29 is 14.3 Å². The molecule has 1 unspecified atom stereocenters. The van der Waals surface area contributed by atoms with E-state index in [0.29, 0.717) is 19.7 Å². The average molecular weight is 347 g/mol. The van der Waals surface area contributed by atoms with E-state index in [1.165, 1.54) is 0 Å². The summed E-state index contributed by atoms with van der Waals surface area (Å²) in [6, 6.07) is 7.42. The van der Waals surface area contributed by atoms with Gasteiger partial charge in [0.2, 0.25) is 5.91 Å². The van der Waals surface area contributed by atoms with Crippen LogP contribution in [0.4, 0.5) is 10.5 Å². The van der Waals surface area contributed by atoms with Crippen LogP contribution in [0.3, 0.4) is 0 Å². The highest BCUT2D eigenvalue weighted by atomic mass is 16.5. The van der Waals surface area contributed by atoms with Crippen LogP contribution < -0.4 is 11.1 Å². The van der Waals surface area contributed by atoms with Gasteiger partial charge in [0.05, 0.1) is 18.1 Å². The number of para-hydroxylation sites is 1. The molecule has 0 aliphatic carbocycles. The van der Waals surface area contributed by atoms with Gasteiger partial charge in [-0.2, -0.15) is 0 Å². The molecule has 2 rings (SSSR count). The first kappa shape index (κ1) is 19.2. The number of nitrogens with two attached hydrogens (primary N) is 1. The first-order valence-electron chi connectivity index (χ1n) is 8.89. The fourth-order valence-electron chi connectivity index (χ4n) is 2.73. The smallest absolute Gasteiger partial charge is 0.321 e. The summed E-state index contributed by atoms with van der Waals surface area (Å²) in [4.78, 5) is 25.6. The molecule has 6 heteroatoms. The Bertz CT molecular complexity index is 616. The van der Waals surface area contributed by atoms with Gasteiger partial charge in [0.1, 0.15) is 0 Å². The largest absolute Gasteiger partial charge is 0.371 e. The van der Waals surface area contributed by atoms with E-state index in [1.807, 2.05) is 38.1 Å². The van der Waals surface area contributed by atoms with E-state index in [4.69, 9.17) is 10.5 Å². The normalized spacial score (nSPS) is 18.0. The first-order valence-corrected chi connectivity index (χ1v) is 8.89. The SMILES string of the molecule is CCC(C)(C)OCc1ccccc1NC(=O)N1CCCC(C(N)=O)C1. The summed E-state index contributed by atoms with van der Waals surface area (Å²) in [5, 5.41) is 2.95. The van der Waals surface area contributed by atoms with E-state index in [2.05, 4.69) is 12.2 Å². The molecule has 0 spiro atoms. The Balaban J connectivity index is 2.02. The molecule has 0 radical (unpaired) electrons. The van der Waals surface area contributed by atoms with Gasteiger partial charge >= 0.3 is 6.03 Å². The molecule has 3 amide bonds. The van der Waals surface area contributed by atoms with Crippen LogP contribution in [0, 0.1) is 5.92 Å². The number of ether oxygens (including phenoxy) is 1. The number of nitrogens with zero attached hydrogens (tertiary/aromatic N) is 1. The lowest BCUT2D eigenvalue weighted by atomic mass is 9.98. The predicted octanol–water partition coefficient (Wildman–Crippen LogP) is 3.12. The maximum atomic E-state index is 12.6. The number of amides is 3. The van der Waals surface area contributed by atoms with Crippen molar-refractivity contribution in [2.75, 3.05) is 18.4 Å². The number of carbonyl (C=O) groups excluding carboxylic acids is 2. The van der Waals surface area contributed by atoms with Gasteiger partial charge in [-0.05, 0) is 39.2 Å². The third kappa shape index (κ3) is 5.46. The Hall–Kier alpha value is -2.08. The standard InChI is InChI=1S/C19H29N3O3/c1-4-19(2,3)25-13-15-8-5-6-10-16(15)21-18(24)22-11-7-9-14(12-22)17(20)23/h5-6,8,10,14H,4,7,9,11-13H2,1-3H3,(H2,20,23)(H,21,24). The number of hydrogen-bond donors (Lipinski definition) is 2. The van der Waals surface area contributed by atoms with Crippen LogP contribution in [-0.2, 0) is 16.1 Å². The van der Waals surface area contributed by atoms with Gasteiger partial charge in [-0.25, -0.2) is 4.79 Å². The lowest BCUT2D eigenvalue weighted by Crippen LogP contribution is -2.45. The Kier molecular flexibility index (Phi) is 6.42. The van der Waals surface area contributed by atoms with Crippen LogP contribution in [0.15, 0.2) is 24.3 Å². The number of benzene rings is 1. The fourth-order valence-corrected chi connectivity index (χ4v) is 2.73. The van der Waals surface area contributed by atoms with Crippen molar-refractivity contribution in [2.45, 2.75) is 52.2 Å². The Labute approximate surface area is 149 Å². The van der Waals surface area contributed by atoms with Gasteiger partial charge in [-0.15, -0.1) is 0 Å². The predicted molar refractivity (Wildman–Crippen MR) is 98.1 cm³/mol. The number of carbonyl (C=O) groups is 2. The van der Waals surface area contributed by atoms with Crippen LogP contribution in [-0.4, -0.2) is 35.5 Å². The second-order valence-electron chi connectivity index (χ2n) is 7.18. The van der Waals surface area contributed by atoms with Gasteiger partial charge in [-0.3, -0.25) is 4.79 Å². The summed E-state index contributed by atoms with van der Waals surface area (Å²) in [6.45, 7) is 7.62. The second-order valence-corrected chi connectivity index (χ2v) is 7.18. The number of likely N-dealkylation sites (tertiary alicyclic amines) is 1. The highest BCUT2D eigenvalue weighted by Gasteiger charge is 2.27. The molecule has 1 fully saturated rings. The molecule has 25 heavy (non-hydrogen) atoms. The highest BCUT2D eigenvalue weighted by molar-refractivity contribution is 5.90. The Morgan fingerprint density at radius 2 is 2.08 bits per heavy atom. The molecule has 138 valence electrons. The highest BCUT2D eigenvalue weighted by Crippen LogP contribution is 2.23. The number of anilines is 1. The minimum Gasteiger partial charge on any atom is -0.371 e. The number of nitrogens with one attached hydrogen (secondary N) is 1. The zero-order chi connectivity index (χ0) is 18.4. The van der Waals surface area contributed by atoms with Crippen LogP contribution in [0.1, 0.15) is 45.6 Å². The summed E-state index contributed by atoms with van der Waals surface area (Å²) in [7, 11) is 0. The molecule has 1 atom stereocenters. The monoisotopic (exact) mass is 347 g/mol. The van der Waals surface area contributed by atoms with Crippen molar-refractivity contribution in [1.82, 2.24) is 4.90 Å². The third-order valence-corrected chi connectivity index (χ3v) is 4.84. The van der Waals surface area contributed by atoms with Crippen molar-refractivity contribution in [3.63, 3.8) is 0 Å². The van der Waals surface area contributed by atoms with Crippen molar-refractivity contribution in [3.05, 3.63) is 29.8 Å². The van der Waals surface area contributed by atoms with Crippen LogP contribution in [0.2, 0.25) is 0 Å². The fraction of sp³-hybridized carbons (Fsp3) is 0.579. The second kappa shape index (κ2) is 8.34. The third-order valence-electron chi connectivity index (χ3n) is 4.84. The molecule has 1 aliphatic rings. The number of urea groups is 1. The quantitative estimate of drug-likeness (QED) is 0.829. The average Bonchev–Trinajstić information content (AvgIpc) is 2.61. The van der Waals surface area contributed by atoms with Gasteiger partial charge < -0.3 is 20.7 Å². The molecule has 1 heterocycles. The number of primary amides is 1. The molecule has 6 nitrogen and oxygen atoms in total. The van der Waals surface area contributed by atoms with Crippen molar-refractivity contribution in [2.24, 2.45) is 11.7 Å². The summed E-state index contributed by atoms with van der Waals surface area (Å²) in [5.74, 6) is -0.600. The van der Waals surface area contributed by atoms with Crippen molar-refractivity contribution >= 4 is 17.6 Å². The van der Waals surface area contributed by atoms with Gasteiger partial charge in [0, 0.05) is 24.3 Å². The first-order chi connectivity index (χ1) is 11.8. The zero-order valence-electron chi connectivity index (χ0n) is 15.4. The van der Waals surface area contributed by atoms with Gasteiger partial charge in [0.15, 0.2) is 0 Å². The van der Waals surface area contributed by atoms with Gasteiger partial charge in [-0.1, -0.05) is 25.1 Å². The lowest BCUT2D eigenvalue weighted by Gasteiger charge is -2.31. The Morgan fingerprint density at radius 3 is 2.76 bits per heavy atom. The summed E-state index contributed by atoms with van der Waals surface area (Å²) in [6.07, 6.45) is 2.44. The minimum atomic E-state index is -0.340. The van der Waals surface area contributed by atoms with E-state index in [1.54, 1.807) is 4.90 Å². The van der Waals surface area contributed by atoms with Crippen LogP contribution in [0.5, 0.6) is 0 Å². The molecule has 1 aliphatic heterocycles. The van der Waals surface area contributed by atoms with E-state index in [-0.39, 0.29) is 23.5 Å². The summed E-state index contributed by atoms with van der Waals surface area (Å²) >= 11 is 0. The van der Waals surface area contributed by atoms with Gasteiger partial charge in [0.25, 0.3) is 0 Å². The minimum absolute atomic E-state index is 0.201. The van der Waals surface area contributed by atoms with E-state index < -0.39 is 0 Å². The van der Waals surface area contributed by atoms with E-state index in [9.17, 15) is 9.59 Å². The van der Waals surface area contributed by atoms with Crippen molar-refractivity contribution in [1.29, 1.82) is 0 Å². The maximum Gasteiger partial charge on any atom is 0.321 e. The molecule has 1 aromatic rings. The number of piperidine rings is 1. The molecule has 3 N–H and O–H groups in total. The molecule has 1 aromatic carbocycles. The summed E-state index contributed by atoms with van der Waals surface area (Å²) in [5.41, 5.74) is 6.84.